The lowest BCUT2D eigenvalue weighted by Gasteiger charge is -2.45. The molecule has 0 radical (unpaired) electrons. The van der Waals surface area contributed by atoms with Gasteiger partial charge in [-0.1, -0.05) is 6.92 Å². The maximum atomic E-state index is 12.9. The molecule has 0 atom stereocenters. The third-order valence-electron chi connectivity index (χ3n) is 6.09. The number of rotatable bonds is 10. The molecule has 8 nitrogen and oxygen atoms in total. The van der Waals surface area contributed by atoms with Crippen LogP contribution in [0.1, 0.15) is 56.5 Å². The van der Waals surface area contributed by atoms with Gasteiger partial charge in [-0.2, -0.15) is 0 Å². The maximum Gasteiger partial charge on any atom is 0.343 e. The molecule has 33 heavy (non-hydrogen) atoms. The molecule has 0 unspecified atom stereocenters. The lowest BCUT2D eigenvalue weighted by molar-refractivity contribution is 0.0523. The van der Waals surface area contributed by atoms with Crippen LogP contribution < -0.4 is 19.9 Å². The van der Waals surface area contributed by atoms with E-state index in [1.54, 1.807) is 27.3 Å². The summed E-state index contributed by atoms with van der Waals surface area (Å²) in [6.07, 6.45) is 3.22. The summed E-state index contributed by atoms with van der Waals surface area (Å²) in [4.78, 5) is 25.3. The summed E-state index contributed by atoms with van der Waals surface area (Å²) in [5, 5.41) is 2.16. The molecule has 0 saturated heterocycles. The van der Waals surface area contributed by atoms with Crippen molar-refractivity contribution in [3.05, 3.63) is 45.7 Å². The van der Waals surface area contributed by atoms with Crippen LogP contribution >= 0.6 is 0 Å². The van der Waals surface area contributed by atoms with E-state index in [1.807, 2.05) is 16.8 Å². The average Bonchev–Trinajstić information content (AvgIpc) is 2.80. The van der Waals surface area contributed by atoms with E-state index >= 15 is 0 Å². The van der Waals surface area contributed by atoms with E-state index in [1.165, 1.54) is 6.07 Å². The van der Waals surface area contributed by atoms with Crippen molar-refractivity contribution >= 4 is 5.97 Å². The van der Waals surface area contributed by atoms with Crippen LogP contribution in [-0.4, -0.2) is 50.2 Å². The van der Waals surface area contributed by atoms with Crippen molar-refractivity contribution in [3.8, 4) is 22.8 Å². The molecule has 0 saturated carbocycles. The van der Waals surface area contributed by atoms with E-state index in [0.717, 1.165) is 24.0 Å². The van der Waals surface area contributed by atoms with Gasteiger partial charge in [0.05, 0.1) is 38.1 Å². The van der Waals surface area contributed by atoms with E-state index < -0.39 is 5.97 Å². The van der Waals surface area contributed by atoms with E-state index in [2.05, 4.69) is 25.8 Å². The standard InChI is InChI=1S/C25H34N2O6/c1-7-25(3,4)27-15-17-12-23(33-11-9-10-30-5)22(31-6)13-18(17)20-14-21(28)19(16-26(20)27)24(29)32-8-2/h12-14,16H,7-11,15H2,1-6H3. The second-order valence-electron chi connectivity index (χ2n) is 8.58. The molecule has 0 fully saturated rings. The summed E-state index contributed by atoms with van der Waals surface area (Å²) < 4.78 is 23.7. The van der Waals surface area contributed by atoms with Gasteiger partial charge in [0, 0.05) is 38.0 Å². The van der Waals surface area contributed by atoms with E-state index in [4.69, 9.17) is 18.9 Å². The quantitative estimate of drug-likeness (QED) is 0.396. The number of ether oxygens (including phenoxy) is 4. The predicted octanol–water partition coefficient (Wildman–Crippen LogP) is 3.76. The van der Waals surface area contributed by atoms with Gasteiger partial charge in [-0.3, -0.25) is 9.47 Å². The topological polar surface area (TPSA) is 79.2 Å². The highest BCUT2D eigenvalue weighted by Gasteiger charge is 2.33. The van der Waals surface area contributed by atoms with Crippen LogP contribution in [0.4, 0.5) is 0 Å². The minimum Gasteiger partial charge on any atom is -0.493 e. The zero-order chi connectivity index (χ0) is 24.2. The van der Waals surface area contributed by atoms with Gasteiger partial charge in [-0.05, 0) is 44.9 Å². The van der Waals surface area contributed by atoms with Crippen LogP contribution in [0.2, 0.25) is 0 Å². The van der Waals surface area contributed by atoms with Gasteiger partial charge < -0.3 is 24.0 Å². The Morgan fingerprint density at radius 2 is 1.85 bits per heavy atom. The van der Waals surface area contributed by atoms with Gasteiger partial charge in [-0.25, -0.2) is 4.79 Å². The molecule has 8 heteroatoms. The van der Waals surface area contributed by atoms with Crippen LogP contribution in [0.25, 0.3) is 11.3 Å². The number of carbonyl (C=O) groups is 1. The third-order valence-corrected chi connectivity index (χ3v) is 6.09. The molecule has 1 aromatic carbocycles. The molecule has 2 aromatic rings. The zero-order valence-corrected chi connectivity index (χ0v) is 20.4. The highest BCUT2D eigenvalue weighted by atomic mass is 16.5. The Kier molecular flexibility index (Phi) is 7.68. The number of esters is 1. The lowest BCUT2D eigenvalue weighted by atomic mass is 9.95. The monoisotopic (exact) mass is 458 g/mol. The first kappa shape index (κ1) is 24.6. The van der Waals surface area contributed by atoms with Gasteiger partial charge in [0.15, 0.2) is 16.9 Å². The number of benzene rings is 1. The van der Waals surface area contributed by atoms with Gasteiger partial charge >= 0.3 is 5.97 Å². The van der Waals surface area contributed by atoms with Gasteiger partial charge in [0.25, 0.3) is 0 Å². The number of carbonyl (C=O) groups excluding carboxylic acids is 1. The number of pyridine rings is 1. The number of methoxy groups -OCH3 is 2. The average molecular weight is 459 g/mol. The SMILES string of the molecule is CCOC(=O)c1cn2c(cc1=O)-c1cc(OC)c(OCCCOC)cc1CN2C(C)(C)CC. The molecule has 0 spiro atoms. The summed E-state index contributed by atoms with van der Waals surface area (Å²) >= 11 is 0. The number of fused-ring (bicyclic) bond motifs is 3. The predicted molar refractivity (Wildman–Crippen MR) is 127 cm³/mol. The second-order valence-corrected chi connectivity index (χ2v) is 8.58. The van der Waals surface area contributed by atoms with Crippen molar-refractivity contribution in [1.82, 2.24) is 4.68 Å². The summed E-state index contributed by atoms with van der Waals surface area (Å²) in [5.74, 6) is 0.624. The Balaban J connectivity index is 2.15. The van der Waals surface area contributed by atoms with Crippen molar-refractivity contribution in [1.29, 1.82) is 0 Å². The molecular weight excluding hydrogens is 424 g/mol. The Labute approximate surface area is 195 Å². The minimum atomic E-state index is -0.616. The summed E-state index contributed by atoms with van der Waals surface area (Å²) in [6, 6.07) is 5.38. The first-order valence-corrected chi connectivity index (χ1v) is 11.3. The zero-order valence-electron chi connectivity index (χ0n) is 20.4. The minimum absolute atomic E-state index is 0.0195. The number of hydrogen-bond donors (Lipinski definition) is 0. The molecule has 3 rings (SSSR count). The number of aromatic nitrogens is 1. The van der Waals surface area contributed by atoms with Crippen molar-refractivity contribution < 1.29 is 23.7 Å². The van der Waals surface area contributed by atoms with Crippen LogP contribution in [0, 0.1) is 0 Å². The Morgan fingerprint density at radius 1 is 1.09 bits per heavy atom. The highest BCUT2D eigenvalue weighted by molar-refractivity contribution is 5.89. The Bertz CT molecular complexity index is 1060. The van der Waals surface area contributed by atoms with Crippen LogP contribution in [0.5, 0.6) is 11.5 Å². The Morgan fingerprint density at radius 3 is 2.48 bits per heavy atom. The smallest absolute Gasteiger partial charge is 0.343 e. The molecule has 0 bridgehead atoms. The molecule has 0 amide bonds. The normalized spacial score (nSPS) is 12.7. The summed E-state index contributed by atoms with van der Waals surface area (Å²) in [5.41, 5.74) is 1.98. The second kappa shape index (κ2) is 10.3. The largest absolute Gasteiger partial charge is 0.493 e. The number of nitrogens with zero attached hydrogens (tertiary/aromatic N) is 2. The van der Waals surface area contributed by atoms with Gasteiger partial charge in [0.1, 0.15) is 5.56 Å². The molecular formula is C25H34N2O6. The van der Waals surface area contributed by atoms with Crippen LogP contribution in [-0.2, 0) is 16.0 Å². The van der Waals surface area contributed by atoms with Crippen molar-refractivity contribution in [2.24, 2.45) is 0 Å². The fourth-order valence-electron chi connectivity index (χ4n) is 3.84. The van der Waals surface area contributed by atoms with Crippen molar-refractivity contribution in [3.63, 3.8) is 0 Å². The molecule has 1 aliphatic rings. The van der Waals surface area contributed by atoms with E-state index in [-0.39, 0.29) is 23.1 Å². The van der Waals surface area contributed by atoms with Crippen molar-refractivity contribution in [2.45, 2.75) is 52.6 Å². The fraction of sp³-hybridized carbons (Fsp3) is 0.520. The molecule has 0 aliphatic carbocycles. The van der Waals surface area contributed by atoms with Gasteiger partial charge in [0.2, 0.25) is 0 Å². The summed E-state index contributed by atoms with van der Waals surface area (Å²) in [6.45, 7) is 10.0. The van der Waals surface area contributed by atoms with E-state index in [9.17, 15) is 9.59 Å². The van der Waals surface area contributed by atoms with Gasteiger partial charge in [-0.15, -0.1) is 0 Å². The molecule has 180 valence electrons. The summed E-state index contributed by atoms with van der Waals surface area (Å²) in [7, 11) is 3.26. The molecule has 0 N–H and O–H groups in total. The number of hydrogen-bond acceptors (Lipinski definition) is 7. The maximum absolute atomic E-state index is 12.9. The van der Waals surface area contributed by atoms with Crippen LogP contribution in [0.15, 0.2) is 29.2 Å². The first-order chi connectivity index (χ1) is 15.8. The fourth-order valence-corrected chi connectivity index (χ4v) is 3.84. The Hall–Kier alpha value is -3.00. The highest BCUT2D eigenvalue weighted by Crippen LogP contribution is 2.40. The van der Waals surface area contributed by atoms with Crippen molar-refractivity contribution in [2.75, 3.05) is 39.0 Å². The molecule has 2 heterocycles. The lowest BCUT2D eigenvalue weighted by Crippen LogP contribution is -2.52. The third kappa shape index (κ3) is 5.00. The first-order valence-electron chi connectivity index (χ1n) is 11.3. The van der Waals surface area contributed by atoms with Crippen LogP contribution in [0.3, 0.4) is 0 Å². The molecule has 1 aromatic heterocycles. The molecule has 1 aliphatic heterocycles. The van der Waals surface area contributed by atoms with E-state index in [0.29, 0.717) is 37.0 Å².